The van der Waals surface area contributed by atoms with Gasteiger partial charge in [0, 0.05) is 18.1 Å². The van der Waals surface area contributed by atoms with E-state index in [2.05, 4.69) is 0 Å². The van der Waals surface area contributed by atoms with E-state index in [1.807, 2.05) is 0 Å². The molecule has 0 atom stereocenters. The van der Waals surface area contributed by atoms with Crippen molar-refractivity contribution in [2.24, 2.45) is 0 Å². The predicted octanol–water partition coefficient (Wildman–Crippen LogP) is 3.07. The first-order valence-corrected chi connectivity index (χ1v) is 6.82. The lowest BCUT2D eigenvalue weighted by atomic mass is 9.92. The van der Waals surface area contributed by atoms with Crippen LogP contribution in [-0.4, -0.2) is 35.3 Å². The standard InChI is InChI=1S/C14H18ClNO3/c1-16(11-4-6-12(17)7-5-11)14(18)19-13-8-2-10(15)3-9-13/h2-3,8-9,11-12,17H,4-7H2,1H3/t11-,12-. The Hall–Kier alpha value is -1.26. The van der Waals surface area contributed by atoms with Gasteiger partial charge in [-0.05, 0) is 49.9 Å². The lowest BCUT2D eigenvalue weighted by molar-refractivity contribution is 0.0811. The van der Waals surface area contributed by atoms with Crippen LogP contribution in [0.25, 0.3) is 0 Å². The zero-order valence-corrected chi connectivity index (χ0v) is 11.6. The number of benzene rings is 1. The molecule has 1 aromatic rings. The van der Waals surface area contributed by atoms with Crippen molar-refractivity contribution >= 4 is 17.7 Å². The Morgan fingerprint density at radius 3 is 2.42 bits per heavy atom. The number of aliphatic hydroxyl groups excluding tert-OH is 1. The summed E-state index contributed by atoms with van der Waals surface area (Å²) in [6.07, 6.45) is 2.51. The summed E-state index contributed by atoms with van der Waals surface area (Å²) in [4.78, 5) is 13.6. The van der Waals surface area contributed by atoms with Crippen LogP contribution in [-0.2, 0) is 0 Å². The molecule has 0 saturated heterocycles. The molecule has 0 unspecified atom stereocenters. The van der Waals surface area contributed by atoms with Crippen molar-refractivity contribution in [3.63, 3.8) is 0 Å². The average Bonchev–Trinajstić information content (AvgIpc) is 2.41. The summed E-state index contributed by atoms with van der Waals surface area (Å²) in [7, 11) is 1.74. The largest absolute Gasteiger partial charge is 0.415 e. The van der Waals surface area contributed by atoms with Crippen molar-refractivity contribution in [1.29, 1.82) is 0 Å². The lowest BCUT2D eigenvalue weighted by Gasteiger charge is -2.32. The summed E-state index contributed by atoms with van der Waals surface area (Å²) >= 11 is 5.77. The fourth-order valence-corrected chi connectivity index (χ4v) is 2.40. The molecule has 5 heteroatoms. The molecule has 1 saturated carbocycles. The molecule has 0 aliphatic heterocycles. The van der Waals surface area contributed by atoms with E-state index in [1.165, 1.54) is 0 Å². The van der Waals surface area contributed by atoms with Gasteiger partial charge in [0.25, 0.3) is 0 Å². The van der Waals surface area contributed by atoms with Crippen molar-refractivity contribution in [1.82, 2.24) is 4.90 Å². The molecule has 4 nitrogen and oxygen atoms in total. The van der Waals surface area contributed by atoms with E-state index in [0.717, 1.165) is 25.7 Å². The van der Waals surface area contributed by atoms with Crippen molar-refractivity contribution in [3.8, 4) is 5.75 Å². The molecule has 1 aliphatic rings. The summed E-state index contributed by atoms with van der Waals surface area (Å²) in [5.74, 6) is 0.483. The van der Waals surface area contributed by atoms with Gasteiger partial charge in [-0.3, -0.25) is 0 Å². The van der Waals surface area contributed by atoms with E-state index in [-0.39, 0.29) is 18.2 Å². The minimum atomic E-state index is -0.372. The third-order valence-corrected chi connectivity index (χ3v) is 3.77. The number of ether oxygens (including phenoxy) is 1. The summed E-state index contributed by atoms with van der Waals surface area (Å²) in [6.45, 7) is 0. The second kappa shape index (κ2) is 6.26. The van der Waals surface area contributed by atoms with Crippen molar-refractivity contribution in [3.05, 3.63) is 29.3 Å². The van der Waals surface area contributed by atoms with Gasteiger partial charge < -0.3 is 14.7 Å². The summed E-state index contributed by atoms with van der Waals surface area (Å²) < 4.78 is 5.28. The Kier molecular flexibility index (Phi) is 4.66. The molecule has 0 spiro atoms. The Labute approximate surface area is 117 Å². The van der Waals surface area contributed by atoms with Crippen molar-refractivity contribution in [2.45, 2.75) is 37.8 Å². The van der Waals surface area contributed by atoms with Crippen LogP contribution in [0.1, 0.15) is 25.7 Å². The van der Waals surface area contributed by atoms with Gasteiger partial charge in [-0.1, -0.05) is 11.6 Å². The van der Waals surface area contributed by atoms with Crippen LogP contribution in [0.2, 0.25) is 5.02 Å². The number of carbonyl (C=O) groups excluding carboxylic acids is 1. The van der Waals surface area contributed by atoms with Crippen LogP contribution in [0.15, 0.2) is 24.3 Å². The molecule has 104 valence electrons. The highest BCUT2D eigenvalue weighted by Gasteiger charge is 2.26. The number of halogens is 1. The number of carbonyl (C=O) groups is 1. The van der Waals surface area contributed by atoms with E-state index >= 15 is 0 Å². The third-order valence-electron chi connectivity index (χ3n) is 3.52. The highest BCUT2D eigenvalue weighted by molar-refractivity contribution is 6.30. The summed E-state index contributed by atoms with van der Waals surface area (Å²) in [5, 5.41) is 10.1. The van der Waals surface area contributed by atoms with E-state index in [1.54, 1.807) is 36.2 Å². The third kappa shape index (κ3) is 3.85. The number of rotatable bonds is 2. The van der Waals surface area contributed by atoms with E-state index in [0.29, 0.717) is 10.8 Å². The molecule has 0 aromatic heterocycles. The van der Waals surface area contributed by atoms with Gasteiger partial charge in [0.1, 0.15) is 5.75 Å². The van der Waals surface area contributed by atoms with Gasteiger partial charge in [0.2, 0.25) is 0 Å². The zero-order valence-electron chi connectivity index (χ0n) is 10.9. The fraction of sp³-hybridized carbons (Fsp3) is 0.500. The van der Waals surface area contributed by atoms with Gasteiger partial charge in [-0.2, -0.15) is 0 Å². The first-order chi connectivity index (χ1) is 9.06. The molecule has 1 amide bonds. The van der Waals surface area contributed by atoms with Crippen LogP contribution in [0.3, 0.4) is 0 Å². The molecule has 1 N–H and O–H groups in total. The number of hydrogen-bond acceptors (Lipinski definition) is 3. The van der Waals surface area contributed by atoms with Crippen LogP contribution in [0.4, 0.5) is 4.79 Å². The first-order valence-electron chi connectivity index (χ1n) is 6.44. The smallest absolute Gasteiger partial charge is 0.410 e. The Morgan fingerprint density at radius 2 is 1.84 bits per heavy atom. The number of aliphatic hydroxyl groups is 1. The number of nitrogens with zero attached hydrogens (tertiary/aromatic N) is 1. The lowest BCUT2D eigenvalue weighted by Crippen LogP contribution is -2.41. The van der Waals surface area contributed by atoms with Gasteiger partial charge in [-0.25, -0.2) is 4.79 Å². The molecule has 0 bridgehead atoms. The second-order valence-corrected chi connectivity index (χ2v) is 5.33. The predicted molar refractivity (Wildman–Crippen MR) is 73.5 cm³/mol. The molecule has 0 radical (unpaired) electrons. The van der Waals surface area contributed by atoms with Crippen molar-refractivity contribution in [2.75, 3.05) is 7.05 Å². The van der Waals surface area contributed by atoms with E-state index < -0.39 is 0 Å². The number of hydrogen-bond donors (Lipinski definition) is 1. The second-order valence-electron chi connectivity index (χ2n) is 4.90. The van der Waals surface area contributed by atoms with Crippen LogP contribution >= 0.6 is 11.6 Å². The highest BCUT2D eigenvalue weighted by atomic mass is 35.5. The van der Waals surface area contributed by atoms with Crippen LogP contribution in [0.5, 0.6) is 5.75 Å². The minimum Gasteiger partial charge on any atom is -0.410 e. The van der Waals surface area contributed by atoms with Gasteiger partial charge in [0.05, 0.1) is 6.10 Å². The van der Waals surface area contributed by atoms with Crippen molar-refractivity contribution < 1.29 is 14.6 Å². The molecule has 1 aliphatic carbocycles. The Bertz CT molecular complexity index is 427. The summed E-state index contributed by atoms with van der Waals surface area (Å²) in [6, 6.07) is 6.84. The Morgan fingerprint density at radius 1 is 1.26 bits per heavy atom. The molecule has 2 rings (SSSR count). The molecule has 0 heterocycles. The monoisotopic (exact) mass is 283 g/mol. The van der Waals surface area contributed by atoms with Crippen LogP contribution in [0, 0.1) is 0 Å². The van der Waals surface area contributed by atoms with E-state index in [9.17, 15) is 9.90 Å². The van der Waals surface area contributed by atoms with Crippen LogP contribution < -0.4 is 4.74 Å². The zero-order chi connectivity index (χ0) is 13.8. The fourth-order valence-electron chi connectivity index (χ4n) is 2.27. The maximum absolute atomic E-state index is 12.0. The normalized spacial score (nSPS) is 22.9. The van der Waals surface area contributed by atoms with Gasteiger partial charge >= 0.3 is 6.09 Å². The topological polar surface area (TPSA) is 49.8 Å². The SMILES string of the molecule is CN(C(=O)Oc1ccc(Cl)cc1)[C@H]1CC[C@H](O)CC1. The molecule has 1 aromatic carbocycles. The molecule has 1 fully saturated rings. The highest BCUT2D eigenvalue weighted by Crippen LogP contribution is 2.23. The number of amides is 1. The average molecular weight is 284 g/mol. The molecular weight excluding hydrogens is 266 g/mol. The van der Waals surface area contributed by atoms with E-state index in [4.69, 9.17) is 16.3 Å². The maximum Gasteiger partial charge on any atom is 0.415 e. The summed E-state index contributed by atoms with van der Waals surface area (Å²) in [5.41, 5.74) is 0. The Balaban J connectivity index is 1.90. The minimum absolute atomic E-state index is 0.142. The maximum atomic E-state index is 12.0. The van der Waals surface area contributed by atoms with Gasteiger partial charge in [-0.15, -0.1) is 0 Å². The first kappa shape index (κ1) is 14.2. The van der Waals surface area contributed by atoms with Gasteiger partial charge in [0.15, 0.2) is 0 Å². The quantitative estimate of drug-likeness (QED) is 0.907. The molecule has 19 heavy (non-hydrogen) atoms. The molecular formula is C14H18ClNO3.